The lowest BCUT2D eigenvalue weighted by molar-refractivity contribution is -0.116. The molecule has 0 spiro atoms. The summed E-state index contributed by atoms with van der Waals surface area (Å²) >= 11 is 0. The summed E-state index contributed by atoms with van der Waals surface area (Å²) in [5.41, 5.74) is 2.38. The second-order valence-electron chi connectivity index (χ2n) is 6.46. The van der Waals surface area contributed by atoms with E-state index in [9.17, 15) is 4.79 Å². The average Bonchev–Trinajstić information content (AvgIpc) is 3.14. The first-order valence-corrected chi connectivity index (χ1v) is 8.38. The Labute approximate surface area is 141 Å². The molecule has 2 heterocycles. The summed E-state index contributed by atoms with van der Waals surface area (Å²) in [6, 6.07) is 8.21. The fraction of sp³-hybridized carbons (Fsp3) is 0.389. The summed E-state index contributed by atoms with van der Waals surface area (Å²) in [5, 5.41) is 10.9. The van der Waals surface area contributed by atoms with Crippen LogP contribution in [0, 0.1) is 5.92 Å². The van der Waals surface area contributed by atoms with Crippen LogP contribution < -0.4 is 5.32 Å². The number of aromatic amines is 2. The Morgan fingerprint density at radius 3 is 2.96 bits per heavy atom. The second kappa shape index (κ2) is 7.29. The normalized spacial score (nSPS) is 11.3. The number of hydrogen-bond acceptors (Lipinski definition) is 3. The zero-order chi connectivity index (χ0) is 16.9. The number of carbonyl (C=O) groups excluding carboxylic acids is 1. The lowest BCUT2D eigenvalue weighted by atomic mass is 10.1. The molecule has 1 aromatic carbocycles. The van der Waals surface area contributed by atoms with E-state index in [0.717, 1.165) is 30.6 Å². The van der Waals surface area contributed by atoms with E-state index < -0.39 is 0 Å². The van der Waals surface area contributed by atoms with Gasteiger partial charge in [0.05, 0.1) is 0 Å². The molecule has 126 valence electrons. The molecule has 0 saturated carbocycles. The van der Waals surface area contributed by atoms with Crippen LogP contribution in [0.5, 0.6) is 0 Å². The van der Waals surface area contributed by atoms with Gasteiger partial charge in [-0.05, 0) is 30.4 Å². The van der Waals surface area contributed by atoms with Gasteiger partial charge < -0.3 is 4.98 Å². The minimum absolute atomic E-state index is 0.0510. The molecule has 6 heteroatoms. The maximum atomic E-state index is 12.0. The number of para-hydroxylation sites is 1. The van der Waals surface area contributed by atoms with Crippen molar-refractivity contribution in [3.8, 4) is 0 Å². The number of benzene rings is 1. The Morgan fingerprint density at radius 1 is 1.29 bits per heavy atom. The number of aromatic nitrogens is 4. The van der Waals surface area contributed by atoms with Crippen molar-refractivity contribution in [2.45, 2.75) is 39.5 Å². The van der Waals surface area contributed by atoms with Crippen LogP contribution >= 0.6 is 0 Å². The highest BCUT2D eigenvalue weighted by Gasteiger charge is 2.09. The molecule has 0 atom stereocenters. The number of hydrogen-bond donors (Lipinski definition) is 3. The predicted octanol–water partition coefficient (Wildman–Crippen LogP) is 3.45. The Balaban J connectivity index is 1.48. The van der Waals surface area contributed by atoms with Crippen molar-refractivity contribution in [2.75, 3.05) is 5.32 Å². The third-order valence-electron chi connectivity index (χ3n) is 3.91. The molecular formula is C18H23N5O. The smallest absolute Gasteiger partial charge is 0.248 e. The summed E-state index contributed by atoms with van der Waals surface area (Å²) < 4.78 is 0. The third-order valence-corrected chi connectivity index (χ3v) is 3.91. The molecule has 24 heavy (non-hydrogen) atoms. The summed E-state index contributed by atoms with van der Waals surface area (Å²) in [6.07, 6.45) is 4.95. The van der Waals surface area contributed by atoms with Crippen LogP contribution in [-0.4, -0.2) is 26.1 Å². The zero-order valence-electron chi connectivity index (χ0n) is 14.1. The minimum Gasteiger partial charge on any atom is -0.361 e. The molecule has 0 aliphatic carbocycles. The van der Waals surface area contributed by atoms with Gasteiger partial charge in [0.1, 0.15) is 5.82 Å². The Bertz CT molecular complexity index is 818. The number of nitrogens with zero attached hydrogens (tertiary/aromatic N) is 2. The SMILES string of the molecule is CC(C)Cc1nc(NC(=O)CCCc2c[nH]c3ccccc23)n[nH]1. The average molecular weight is 325 g/mol. The van der Waals surface area contributed by atoms with Crippen molar-refractivity contribution >= 4 is 22.8 Å². The number of rotatable bonds is 7. The van der Waals surface area contributed by atoms with E-state index in [2.05, 4.69) is 51.5 Å². The molecule has 0 saturated heterocycles. The van der Waals surface area contributed by atoms with E-state index in [-0.39, 0.29) is 5.91 Å². The Kier molecular flexibility index (Phi) is 4.93. The molecule has 0 radical (unpaired) electrons. The fourth-order valence-corrected chi connectivity index (χ4v) is 2.79. The summed E-state index contributed by atoms with van der Waals surface area (Å²) in [4.78, 5) is 19.6. The highest BCUT2D eigenvalue weighted by atomic mass is 16.1. The molecule has 3 rings (SSSR count). The van der Waals surface area contributed by atoms with E-state index in [1.54, 1.807) is 0 Å². The largest absolute Gasteiger partial charge is 0.361 e. The summed E-state index contributed by atoms with van der Waals surface area (Å²) in [6.45, 7) is 4.23. The molecule has 3 N–H and O–H groups in total. The van der Waals surface area contributed by atoms with E-state index in [1.165, 1.54) is 10.9 Å². The van der Waals surface area contributed by atoms with Crippen LogP contribution in [0.1, 0.15) is 38.1 Å². The molecule has 3 aromatic rings. The highest BCUT2D eigenvalue weighted by molar-refractivity contribution is 5.89. The van der Waals surface area contributed by atoms with E-state index in [0.29, 0.717) is 18.3 Å². The predicted molar refractivity (Wildman–Crippen MR) is 94.8 cm³/mol. The van der Waals surface area contributed by atoms with Crippen LogP contribution in [0.3, 0.4) is 0 Å². The lowest BCUT2D eigenvalue weighted by Gasteiger charge is -2.01. The summed E-state index contributed by atoms with van der Waals surface area (Å²) in [5.74, 6) is 1.62. The Morgan fingerprint density at radius 2 is 2.12 bits per heavy atom. The first kappa shape index (κ1) is 16.2. The van der Waals surface area contributed by atoms with Crippen molar-refractivity contribution in [1.29, 1.82) is 0 Å². The monoisotopic (exact) mass is 325 g/mol. The molecule has 2 aromatic heterocycles. The first-order chi connectivity index (χ1) is 11.6. The van der Waals surface area contributed by atoms with Gasteiger partial charge >= 0.3 is 0 Å². The van der Waals surface area contributed by atoms with Crippen LogP contribution in [0.15, 0.2) is 30.5 Å². The van der Waals surface area contributed by atoms with Gasteiger partial charge in [-0.2, -0.15) is 4.98 Å². The van der Waals surface area contributed by atoms with Crippen LogP contribution in [0.2, 0.25) is 0 Å². The molecule has 1 amide bonds. The van der Waals surface area contributed by atoms with Gasteiger partial charge in [0.25, 0.3) is 0 Å². The highest BCUT2D eigenvalue weighted by Crippen LogP contribution is 2.19. The van der Waals surface area contributed by atoms with E-state index in [1.807, 2.05) is 18.3 Å². The van der Waals surface area contributed by atoms with Gasteiger partial charge in [-0.3, -0.25) is 15.2 Å². The number of aryl methyl sites for hydroxylation is 1. The molecule has 0 fully saturated rings. The lowest BCUT2D eigenvalue weighted by Crippen LogP contribution is -2.12. The number of anilines is 1. The number of H-pyrrole nitrogens is 2. The molecule has 0 aliphatic heterocycles. The van der Waals surface area contributed by atoms with Crippen LogP contribution in [-0.2, 0) is 17.6 Å². The zero-order valence-corrected chi connectivity index (χ0v) is 14.1. The van der Waals surface area contributed by atoms with Gasteiger partial charge in [-0.15, -0.1) is 5.10 Å². The van der Waals surface area contributed by atoms with Gasteiger partial charge in [0.2, 0.25) is 11.9 Å². The topological polar surface area (TPSA) is 86.5 Å². The van der Waals surface area contributed by atoms with Gasteiger partial charge in [-0.25, -0.2) is 0 Å². The molecule has 6 nitrogen and oxygen atoms in total. The van der Waals surface area contributed by atoms with Crippen LogP contribution in [0.25, 0.3) is 10.9 Å². The van der Waals surface area contributed by atoms with Crippen molar-refractivity contribution in [1.82, 2.24) is 20.2 Å². The van der Waals surface area contributed by atoms with Crippen LogP contribution in [0.4, 0.5) is 5.95 Å². The standard InChI is InChI=1S/C18H23N5O/c1-12(2)10-16-20-18(23-22-16)21-17(24)9-5-6-13-11-19-15-8-4-3-7-14(13)15/h3-4,7-8,11-12,19H,5-6,9-10H2,1-2H3,(H2,20,21,22,23,24). The maximum Gasteiger partial charge on any atom is 0.248 e. The molecule has 0 unspecified atom stereocenters. The first-order valence-electron chi connectivity index (χ1n) is 8.38. The number of carbonyl (C=O) groups is 1. The Hall–Kier alpha value is -2.63. The summed E-state index contributed by atoms with van der Waals surface area (Å²) in [7, 11) is 0. The number of amides is 1. The van der Waals surface area contributed by atoms with Crippen molar-refractivity contribution < 1.29 is 4.79 Å². The molecule has 0 aliphatic rings. The van der Waals surface area contributed by atoms with Crippen molar-refractivity contribution in [3.05, 3.63) is 41.9 Å². The van der Waals surface area contributed by atoms with Crippen molar-refractivity contribution in [3.63, 3.8) is 0 Å². The minimum atomic E-state index is -0.0510. The molecule has 0 bridgehead atoms. The van der Waals surface area contributed by atoms with Gasteiger partial charge in [0.15, 0.2) is 0 Å². The quantitative estimate of drug-likeness (QED) is 0.622. The number of nitrogens with one attached hydrogen (secondary N) is 3. The second-order valence-corrected chi connectivity index (χ2v) is 6.46. The van der Waals surface area contributed by atoms with Gasteiger partial charge in [-0.1, -0.05) is 32.0 Å². The number of fused-ring (bicyclic) bond motifs is 1. The van der Waals surface area contributed by atoms with Gasteiger partial charge in [0, 0.05) is 29.9 Å². The van der Waals surface area contributed by atoms with Crippen molar-refractivity contribution in [2.24, 2.45) is 5.92 Å². The molecular weight excluding hydrogens is 302 g/mol. The van der Waals surface area contributed by atoms with E-state index in [4.69, 9.17) is 0 Å². The third kappa shape index (κ3) is 4.01. The maximum absolute atomic E-state index is 12.0. The van der Waals surface area contributed by atoms with E-state index >= 15 is 0 Å². The fourth-order valence-electron chi connectivity index (χ4n) is 2.79.